The van der Waals surface area contributed by atoms with Gasteiger partial charge in [-0.2, -0.15) is 0 Å². The van der Waals surface area contributed by atoms with Crippen molar-refractivity contribution in [2.75, 3.05) is 159 Å². The molecule has 12 nitrogen and oxygen atoms in total. The molecule has 0 unspecified atom stereocenters. The van der Waals surface area contributed by atoms with Crippen LogP contribution in [0.1, 0.15) is 79.1 Å². The fourth-order valence-corrected chi connectivity index (χ4v) is 6.73. The standard InChI is InChI=1S/C41H76O12/c1-5-37(25-50-26-37)21-42-13-9-17-46-33-41(34-47-18-10-14-43-22-38(6-2)27-51-28-38,35-48-19-11-15-44-23-39(7-3)29-52-30-39)36-49-20-12-16-45-24-40(8-4)31-53-32-40/h5-36H2,1-4H3. The SMILES string of the molecule is CCC1(COCCCOCC(COCCCOCC2(CC)COC2)(COCCCOCC2(CC)COC2)COCCCOCC2(CC)COC2)COC1. The molecule has 0 atom stereocenters. The van der Waals surface area contributed by atoms with E-state index in [1.54, 1.807) is 0 Å². The Morgan fingerprint density at radius 3 is 0.717 bits per heavy atom. The smallest absolute Gasteiger partial charge is 0.0637 e. The van der Waals surface area contributed by atoms with Gasteiger partial charge in [-0.05, 0) is 51.4 Å². The normalized spacial score (nSPS) is 21.1. The third kappa shape index (κ3) is 15.1. The average molecular weight is 761 g/mol. The van der Waals surface area contributed by atoms with Crippen molar-refractivity contribution in [3.05, 3.63) is 0 Å². The van der Waals surface area contributed by atoms with Crippen LogP contribution < -0.4 is 0 Å². The molecule has 4 saturated heterocycles. The Balaban J connectivity index is 1.22. The molecule has 0 aromatic rings. The molecule has 4 aliphatic rings. The molecule has 0 aromatic heterocycles. The van der Waals surface area contributed by atoms with E-state index < -0.39 is 5.41 Å². The Bertz CT molecular complexity index is 762. The second-order valence-corrected chi connectivity index (χ2v) is 16.7. The van der Waals surface area contributed by atoms with Gasteiger partial charge in [-0.25, -0.2) is 0 Å². The number of hydrogen-bond acceptors (Lipinski definition) is 12. The van der Waals surface area contributed by atoms with E-state index in [9.17, 15) is 0 Å². The van der Waals surface area contributed by atoms with Crippen molar-refractivity contribution in [1.82, 2.24) is 0 Å². The lowest BCUT2D eigenvalue weighted by molar-refractivity contribution is -0.153. The summed E-state index contributed by atoms with van der Waals surface area (Å²) < 4.78 is 71.2. The molecular formula is C41H76O12. The highest BCUT2D eigenvalue weighted by atomic mass is 16.5. The average Bonchev–Trinajstić information content (AvgIpc) is 3.10. The van der Waals surface area contributed by atoms with Crippen LogP contribution >= 0.6 is 0 Å². The highest BCUT2D eigenvalue weighted by molar-refractivity contribution is 4.86. The second kappa shape index (κ2) is 24.3. The highest BCUT2D eigenvalue weighted by Gasteiger charge is 2.39. The van der Waals surface area contributed by atoms with Crippen molar-refractivity contribution in [1.29, 1.82) is 0 Å². The molecule has 0 aromatic carbocycles. The van der Waals surface area contributed by atoms with E-state index in [1.807, 2.05) is 0 Å². The monoisotopic (exact) mass is 761 g/mol. The van der Waals surface area contributed by atoms with E-state index in [4.69, 9.17) is 56.8 Å². The number of hydrogen-bond donors (Lipinski definition) is 0. The molecule has 0 radical (unpaired) electrons. The minimum Gasteiger partial charge on any atom is -0.381 e. The maximum Gasteiger partial charge on any atom is 0.0637 e. The van der Waals surface area contributed by atoms with Crippen molar-refractivity contribution in [2.45, 2.75) is 79.1 Å². The Morgan fingerprint density at radius 1 is 0.340 bits per heavy atom. The van der Waals surface area contributed by atoms with Gasteiger partial charge in [0.15, 0.2) is 0 Å². The lowest BCUT2D eigenvalue weighted by atomic mass is 9.84. The molecule has 0 aliphatic carbocycles. The van der Waals surface area contributed by atoms with Gasteiger partial charge in [0.25, 0.3) is 0 Å². The van der Waals surface area contributed by atoms with E-state index in [-0.39, 0.29) is 21.7 Å². The molecule has 4 fully saturated rings. The topological polar surface area (TPSA) is 111 Å². The summed E-state index contributed by atoms with van der Waals surface area (Å²) in [6.07, 6.45) is 7.60. The maximum absolute atomic E-state index is 6.34. The van der Waals surface area contributed by atoms with Crippen molar-refractivity contribution in [3.63, 3.8) is 0 Å². The minimum atomic E-state index is -0.459. The lowest BCUT2D eigenvalue weighted by Gasteiger charge is -2.40. The van der Waals surface area contributed by atoms with E-state index in [1.165, 1.54) is 0 Å². The quantitative estimate of drug-likeness (QED) is 0.0766. The first-order valence-corrected chi connectivity index (χ1v) is 20.8. The third-order valence-electron chi connectivity index (χ3n) is 11.8. The van der Waals surface area contributed by atoms with Gasteiger partial charge < -0.3 is 56.8 Å². The maximum atomic E-state index is 6.34. The largest absolute Gasteiger partial charge is 0.381 e. The van der Waals surface area contributed by atoms with Crippen LogP contribution in [0, 0.1) is 27.1 Å². The molecule has 312 valence electrons. The van der Waals surface area contributed by atoms with Crippen LogP contribution in [0.15, 0.2) is 0 Å². The van der Waals surface area contributed by atoms with Gasteiger partial charge in [0.1, 0.15) is 0 Å². The molecule has 0 bridgehead atoms. The van der Waals surface area contributed by atoms with Gasteiger partial charge in [0, 0.05) is 74.5 Å². The van der Waals surface area contributed by atoms with Crippen molar-refractivity contribution in [3.8, 4) is 0 Å². The zero-order valence-corrected chi connectivity index (χ0v) is 34.0. The molecule has 0 N–H and O–H groups in total. The molecular weight excluding hydrogens is 684 g/mol. The van der Waals surface area contributed by atoms with Crippen LogP contribution in [-0.2, 0) is 56.8 Å². The molecule has 4 aliphatic heterocycles. The van der Waals surface area contributed by atoms with Crippen LogP contribution in [-0.4, -0.2) is 159 Å². The van der Waals surface area contributed by atoms with Crippen molar-refractivity contribution < 1.29 is 56.8 Å². The Hall–Kier alpha value is -0.480. The predicted molar refractivity (Wildman–Crippen MR) is 202 cm³/mol. The van der Waals surface area contributed by atoms with Crippen LogP contribution in [0.25, 0.3) is 0 Å². The fourth-order valence-electron chi connectivity index (χ4n) is 6.73. The van der Waals surface area contributed by atoms with E-state index >= 15 is 0 Å². The molecule has 0 saturated carbocycles. The lowest BCUT2D eigenvalue weighted by Crippen LogP contribution is -2.45. The summed E-state index contributed by atoms with van der Waals surface area (Å²) in [6, 6.07) is 0. The molecule has 4 heterocycles. The summed E-state index contributed by atoms with van der Waals surface area (Å²) in [5, 5.41) is 0. The third-order valence-corrected chi connectivity index (χ3v) is 11.8. The van der Waals surface area contributed by atoms with Crippen LogP contribution in [0.4, 0.5) is 0 Å². The zero-order chi connectivity index (χ0) is 37.6. The second-order valence-electron chi connectivity index (χ2n) is 16.7. The molecule has 12 heteroatoms. The summed E-state index contributed by atoms with van der Waals surface area (Å²) in [4.78, 5) is 0. The van der Waals surface area contributed by atoms with E-state index in [2.05, 4.69) is 27.7 Å². The van der Waals surface area contributed by atoms with Crippen LogP contribution in [0.5, 0.6) is 0 Å². The summed E-state index contributed by atoms with van der Waals surface area (Å²) in [5.74, 6) is 0. The minimum absolute atomic E-state index is 0.193. The van der Waals surface area contributed by atoms with Crippen molar-refractivity contribution >= 4 is 0 Å². The van der Waals surface area contributed by atoms with Gasteiger partial charge in [0.2, 0.25) is 0 Å². The zero-order valence-electron chi connectivity index (χ0n) is 34.0. The van der Waals surface area contributed by atoms with E-state index in [0.29, 0.717) is 79.3 Å². The molecule has 0 amide bonds. The first kappa shape index (κ1) is 45.2. The van der Waals surface area contributed by atoms with Crippen LogP contribution in [0.3, 0.4) is 0 Å². The Morgan fingerprint density at radius 2 is 0.547 bits per heavy atom. The molecule has 53 heavy (non-hydrogen) atoms. The predicted octanol–water partition coefficient (Wildman–Crippen LogP) is 5.37. The molecule has 0 spiro atoms. The highest BCUT2D eigenvalue weighted by Crippen LogP contribution is 2.34. The summed E-state index contributed by atoms with van der Waals surface area (Å²) in [7, 11) is 0. The van der Waals surface area contributed by atoms with Crippen LogP contribution in [0.2, 0.25) is 0 Å². The van der Waals surface area contributed by atoms with Gasteiger partial charge in [-0.3, -0.25) is 0 Å². The van der Waals surface area contributed by atoms with E-state index in [0.717, 1.165) is 131 Å². The Labute approximate surface area is 321 Å². The molecule has 4 rings (SSSR count). The van der Waals surface area contributed by atoms with Gasteiger partial charge in [-0.15, -0.1) is 0 Å². The first-order valence-electron chi connectivity index (χ1n) is 20.8. The van der Waals surface area contributed by atoms with Gasteiger partial charge in [0.05, 0.1) is 111 Å². The number of ether oxygens (including phenoxy) is 12. The Kier molecular flexibility index (Phi) is 20.8. The van der Waals surface area contributed by atoms with Gasteiger partial charge in [-0.1, -0.05) is 27.7 Å². The summed E-state index contributed by atoms with van der Waals surface area (Å²) >= 11 is 0. The summed E-state index contributed by atoms with van der Waals surface area (Å²) in [6.45, 7) is 25.1. The number of rotatable bonds is 36. The van der Waals surface area contributed by atoms with Crippen molar-refractivity contribution in [2.24, 2.45) is 27.1 Å². The summed E-state index contributed by atoms with van der Waals surface area (Å²) in [5.41, 5.74) is 0.312. The van der Waals surface area contributed by atoms with Gasteiger partial charge >= 0.3 is 0 Å². The first-order chi connectivity index (χ1) is 25.9. The fraction of sp³-hybridized carbons (Fsp3) is 1.00.